The van der Waals surface area contributed by atoms with Gasteiger partial charge >= 0.3 is 0 Å². The zero-order valence-corrected chi connectivity index (χ0v) is 25.8. The number of anilines is 2. The Bertz CT molecular complexity index is 1880. The maximum absolute atomic E-state index is 9.45. The first-order valence-electron chi connectivity index (χ1n) is 12.9. The molecule has 7 N–H and O–H groups in total. The molecule has 1 atom stereocenters. The molecule has 7 heterocycles. The number of nitrogens with zero attached hydrogens (tertiary/aromatic N) is 15. The number of aliphatic imine (C=N–C) groups is 4. The second-order valence-corrected chi connectivity index (χ2v) is 9.72. The highest BCUT2D eigenvalue weighted by Gasteiger charge is 2.16. The number of aromatic nitrogens is 10. The van der Waals surface area contributed by atoms with Crippen molar-refractivity contribution in [3.05, 3.63) is 48.2 Å². The summed E-state index contributed by atoms with van der Waals surface area (Å²) in [6, 6.07) is 0. The number of guanidine groups is 1. The average molecular weight is 667 g/mol. The van der Waals surface area contributed by atoms with Crippen LogP contribution in [0.5, 0.6) is 0 Å². The lowest BCUT2D eigenvalue weighted by Crippen LogP contribution is -2.23. The van der Waals surface area contributed by atoms with Crippen LogP contribution in [0.3, 0.4) is 0 Å². The Balaban J connectivity index is 0.000000216. The SMILES string of the molecule is C.C.C=C1N=C(N)N=CN1C.Cc1nc(N)c2ncn(C)c2n1.Cn1cnc2c(N)nc(Cl)nc21.Cn1cnc2c1N=CN=C[C@H]2O. The first-order chi connectivity index (χ1) is 21.3. The molecule has 250 valence electrons. The lowest BCUT2D eigenvalue weighted by atomic mass is 10.3. The standard InChI is InChI=1S/C7H9N5.C7H8N4O.C6H6ClN5.C5H8N4.2CH4/c1-4-10-6(8)5-7(11-4)12(2)3-9-5;1-11-4-10-6-5(12)2-8-3-9-7(6)11;1-12-2-9-3-4(8)10-6(7)11-5(3)12;1-4-8-5(6)7-3-9(4)2;;/h3H,1-2H3,(H2,8,10,11);2-5,12H,1H3;2H,1H3,(H2,8,10,11);3H,1H2,2H3,(H2,6,8);2*1H4/t;5-;;;;/m.1..../s1. The monoisotopic (exact) mass is 666 g/mol. The molecule has 47 heavy (non-hydrogen) atoms. The number of fused-ring (bicyclic) bond motifs is 3. The van der Waals surface area contributed by atoms with Gasteiger partial charge < -0.3 is 40.9 Å². The summed E-state index contributed by atoms with van der Waals surface area (Å²) in [6.45, 7) is 5.42. The fraction of sp³-hybridized carbons (Fsp3) is 0.296. The third-order valence-corrected chi connectivity index (χ3v) is 6.13. The zero-order valence-electron chi connectivity index (χ0n) is 25.0. The van der Waals surface area contributed by atoms with E-state index in [9.17, 15) is 5.11 Å². The maximum Gasteiger partial charge on any atom is 0.226 e. The number of imidazole rings is 3. The van der Waals surface area contributed by atoms with E-state index in [1.807, 2.05) is 39.7 Å². The van der Waals surface area contributed by atoms with E-state index in [1.54, 1.807) is 39.4 Å². The summed E-state index contributed by atoms with van der Waals surface area (Å²) in [5, 5.41) is 9.59. The van der Waals surface area contributed by atoms with Gasteiger partial charge in [-0.25, -0.2) is 39.9 Å². The predicted molar refractivity (Wildman–Crippen MR) is 186 cm³/mol. The first-order valence-corrected chi connectivity index (χ1v) is 13.3. The molecule has 19 nitrogen and oxygen atoms in total. The van der Waals surface area contributed by atoms with Crippen LogP contribution in [0.2, 0.25) is 5.28 Å². The fourth-order valence-electron chi connectivity index (χ4n) is 3.68. The van der Waals surface area contributed by atoms with Gasteiger partial charge in [0, 0.05) is 34.4 Å². The van der Waals surface area contributed by atoms with Gasteiger partial charge in [0.15, 0.2) is 28.7 Å². The van der Waals surface area contributed by atoms with Gasteiger partial charge in [-0.1, -0.05) is 21.4 Å². The van der Waals surface area contributed by atoms with Crippen molar-refractivity contribution >= 4 is 76.2 Å². The van der Waals surface area contributed by atoms with Gasteiger partial charge in [-0.3, -0.25) is 0 Å². The van der Waals surface area contributed by atoms with E-state index in [0.717, 1.165) is 5.65 Å². The Kier molecular flexibility index (Phi) is 12.7. The van der Waals surface area contributed by atoms with Crippen LogP contribution in [0.1, 0.15) is 32.5 Å². The van der Waals surface area contributed by atoms with Gasteiger partial charge in [-0.15, -0.1) is 0 Å². The van der Waals surface area contributed by atoms with E-state index in [2.05, 4.69) is 61.4 Å². The largest absolute Gasteiger partial charge is 0.382 e. The summed E-state index contributed by atoms with van der Waals surface area (Å²) in [4.78, 5) is 45.0. The van der Waals surface area contributed by atoms with Crippen LogP contribution in [-0.2, 0) is 21.1 Å². The van der Waals surface area contributed by atoms with Crippen LogP contribution in [0.15, 0.2) is 51.4 Å². The minimum Gasteiger partial charge on any atom is -0.382 e. The number of hydrogen-bond donors (Lipinski definition) is 4. The molecule has 5 aromatic rings. The second-order valence-electron chi connectivity index (χ2n) is 9.38. The number of rotatable bonds is 0. The topological polar surface area (TPSA) is 256 Å². The van der Waals surface area contributed by atoms with E-state index >= 15 is 0 Å². The highest BCUT2D eigenvalue weighted by molar-refractivity contribution is 6.28. The first kappa shape index (κ1) is 37.4. The number of nitrogens with two attached hydrogens (primary N) is 3. The molecule has 0 saturated carbocycles. The van der Waals surface area contributed by atoms with Crippen LogP contribution in [0.4, 0.5) is 17.5 Å². The fourth-order valence-corrected chi connectivity index (χ4v) is 3.85. The summed E-state index contributed by atoms with van der Waals surface area (Å²) < 4.78 is 5.30. The Hall–Kier alpha value is -5.82. The normalized spacial score (nSPS) is 14.3. The third kappa shape index (κ3) is 8.89. The smallest absolute Gasteiger partial charge is 0.226 e. The van der Waals surface area contributed by atoms with Crippen LogP contribution >= 0.6 is 11.6 Å². The number of hydrogen-bond acceptors (Lipinski definition) is 16. The van der Waals surface area contributed by atoms with E-state index in [0.29, 0.717) is 51.5 Å². The summed E-state index contributed by atoms with van der Waals surface area (Å²) in [5.41, 5.74) is 19.7. The molecule has 0 aliphatic carbocycles. The van der Waals surface area contributed by atoms with E-state index in [1.165, 1.54) is 12.6 Å². The van der Waals surface area contributed by atoms with Crippen LogP contribution in [0.25, 0.3) is 22.3 Å². The predicted octanol–water partition coefficient (Wildman–Crippen LogP) is 2.07. The van der Waals surface area contributed by atoms with Gasteiger partial charge in [0.05, 0.1) is 25.3 Å². The molecule has 0 bridgehead atoms. The van der Waals surface area contributed by atoms with E-state index < -0.39 is 6.10 Å². The highest BCUT2D eigenvalue weighted by Crippen LogP contribution is 2.23. The molecule has 7 rings (SSSR count). The minimum absolute atomic E-state index is 0. The summed E-state index contributed by atoms with van der Waals surface area (Å²) >= 11 is 5.61. The Morgan fingerprint density at radius 2 is 1.38 bits per heavy atom. The Morgan fingerprint density at radius 1 is 0.809 bits per heavy atom. The average Bonchev–Trinajstić information content (AvgIpc) is 3.62. The molecule has 0 radical (unpaired) electrons. The third-order valence-electron chi connectivity index (χ3n) is 5.96. The van der Waals surface area contributed by atoms with Gasteiger partial charge in [-0.2, -0.15) is 15.0 Å². The molecule has 2 aliphatic rings. The van der Waals surface area contributed by atoms with Gasteiger partial charge in [0.2, 0.25) is 11.2 Å². The zero-order chi connectivity index (χ0) is 32.8. The lowest BCUT2D eigenvalue weighted by molar-refractivity contribution is 0.249. The van der Waals surface area contributed by atoms with Gasteiger partial charge in [0.1, 0.15) is 40.8 Å². The van der Waals surface area contributed by atoms with E-state index in [4.69, 9.17) is 28.8 Å². The van der Waals surface area contributed by atoms with Crippen molar-refractivity contribution in [2.24, 2.45) is 46.8 Å². The molecule has 0 aromatic carbocycles. The van der Waals surface area contributed by atoms with Crippen molar-refractivity contribution in [1.82, 2.24) is 53.5 Å². The molecular formula is C27H39ClN18O. The highest BCUT2D eigenvalue weighted by atomic mass is 35.5. The number of halogens is 1. The molecule has 20 heteroatoms. The molecule has 0 spiro atoms. The number of aryl methyl sites for hydroxylation is 4. The van der Waals surface area contributed by atoms with Crippen molar-refractivity contribution in [2.75, 3.05) is 18.5 Å². The Labute approximate surface area is 276 Å². The van der Waals surface area contributed by atoms with Crippen molar-refractivity contribution in [1.29, 1.82) is 0 Å². The quantitative estimate of drug-likeness (QED) is 0.173. The molecular weight excluding hydrogens is 628 g/mol. The molecule has 0 unspecified atom stereocenters. The van der Waals surface area contributed by atoms with Gasteiger partial charge in [-0.05, 0) is 18.5 Å². The van der Waals surface area contributed by atoms with E-state index in [-0.39, 0.29) is 26.1 Å². The minimum atomic E-state index is -0.747. The lowest BCUT2D eigenvalue weighted by Gasteiger charge is -2.14. The van der Waals surface area contributed by atoms with Crippen molar-refractivity contribution in [3.8, 4) is 0 Å². The van der Waals surface area contributed by atoms with Gasteiger partial charge in [0.25, 0.3) is 0 Å². The van der Waals surface area contributed by atoms with Crippen LogP contribution in [0, 0.1) is 6.92 Å². The molecule has 0 amide bonds. The summed E-state index contributed by atoms with van der Waals surface area (Å²) in [7, 11) is 7.32. The van der Waals surface area contributed by atoms with Crippen LogP contribution < -0.4 is 17.2 Å². The van der Waals surface area contributed by atoms with Crippen LogP contribution in [-0.4, -0.2) is 90.5 Å². The molecule has 0 saturated heterocycles. The molecule has 0 fully saturated rings. The summed E-state index contributed by atoms with van der Waals surface area (Å²) in [5.74, 6) is 2.95. The number of aliphatic hydroxyl groups excluding tert-OH is 1. The maximum atomic E-state index is 9.45. The molecule has 2 aliphatic heterocycles. The second kappa shape index (κ2) is 16.0. The van der Waals surface area contributed by atoms with Crippen molar-refractivity contribution < 1.29 is 5.11 Å². The van der Waals surface area contributed by atoms with Crippen molar-refractivity contribution in [3.63, 3.8) is 0 Å². The number of aliphatic hydroxyl groups is 1. The number of nitrogen functional groups attached to an aromatic ring is 2. The summed E-state index contributed by atoms with van der Waals surface area (Å²) in [6.07, 6.45) is 8.54. The molecule has 5 aromatic heterocycles. The van der Waals surface area contributed by atoms with Crippen molar-refractivity contribution in [2.45, 2.75) is 27.9 Å². The Morgan fingerprint density at radius 3 is 1.98 bits per heavy atom.